The van der Waals surface area contributed by atoms with Crippen molar-refractivity contribution in [3.05, 3.63) is 0 Å². The number of amides is 2. The zero-order chi connectivity index (χ0) is 21.1. The van der Waals surface area contributed by atoms with Crippen LogP contribution < -0.4 is 5.32 Å². The number of hydrogen-bond acceptors (Lipinski definition) is 4. The van der Waals surface area contributed by atoms with Crippen molar-refractivity contribution in [1.29, 1.82) is 0 Å². The molecule has 2 amide bonds. The van der Waals surface area contributed by atoms with Gasteiger partial charge >= 0.3 is 0 Å². The molecule has 0 bridgehead atoms. The normalized spacial score (nSPS) is 27.4. The summed E-state index contributed by atoms with van der Waals surface area (Å²) >= 11 is 0. The molecule has 2 fully saturated rings. The monoisotopic (exact) mass is 410 g/mol. The molecule has 0 saturated heterocycles. The molecule has 4 atom stereocenters. The van der Waals surface area contributed by atoms with Gasteiger partial charge in [0.05, 0.1) is 12.2 Å². The number of carbonyl (C=O) groups excluding carboxylic acids is 2. The molecule has 29 heavy (non-hydrogen) atoms. The molecule has 6 nitrogen and oxygen atoms in total. The lowest BCUT2D eigenvalue weighted by Gasteiger charge is -2.27. The van der Waals surface area contributed by atoms with Gasteiger partial charge in [-0.05, 0) is 50.4 Å². The Kier molecular flexibility index (Phi) is 11.0. The van der Waals surface area contributed by atoms with E-state index in [0.717, 1.165) is 38.5 Å². The van der Waals surface area contributed by atoms with Gasteiger partial charge in [0.1, 0.15) is 13.2 Å². The average molecular weight is 411 g/mol. The number of hydrogen-bond donors (Lipinski definition) is 1. The fraction of sp³-hybridized carbons (Fsp3) is 0.913. The van der Waals surface area contributed by atoms with E-state index in [1.807, 2.05) is 7.05 Å². The summed E-state index contributed by atoms with van der Waals surface area (Å²) in [6, 6.07) is 0. The van der Waals surface area contributed by atoms with Gasteiger partial charge in [0.25, 0.3) is 0 Å². The molecule has 0 heterocycles. The van der Waals surface area contributed by atoms with E-state index in [9.17, 15) is 9.59 Å². The zero-order valence-corrected chi connectivity index (χ0v) is 18.8. The van der Waals surface area contributed by atoms with Gasteiger partial charge in [-0.1, -0.05) is 39.5 Å². The third-order valence-electron chi connectivity index (χ3n) is 6.34. The minimum absolute atomic E-state index is 0.0391. The second-order valence-corrected chi connectivity index (χ2v) is 9.28. The Morgan fingerprint density at radius 3 is 2.07 bits per heavy atom. The number of nitrogens with zero attached hydrogens (tertiary/aromatic N) is 1. The summed E-state index contributed by atoms with van der Waals surface area (Å²) < 4.78 is 11.6. The molecule has 0 aliphatic heterocycles. The lowest BCUT2D eigenvalue weighted by Crippen LogP contribution is -2.34. The Morgan fingerprint density at radius 2 is 1.48 bits per heavy atom. The maximum atomic E-state index is 12.2. The van der Waals surface area contributed by atoms with Crippen LogP contribution in [-0.4, -0.2) is 62.3 Å². The number of nitrogens with one attached hydrogen (secondary N) is 1. The molecule has 2 aliphatic carbocycles. The first-order valence-electron chi connectivity index (χ1n) is 11.7. The zero-order valence-electron chi connectivity index (χ0n) is 18.8. The molecule has 0 aromatic rings. The van der Waals surface area contributed by atoms with Gasteiger partial charge in [0, 0.05) is 20.1 Å². The molecule has 168 valence electrons. The van der Waals surface area contributed by atoms with Crippen molar-refractivity contribution in [1.82, 2.24) is 10.2 Å². The van der Waals surface area contributed by atoms with Crippen molar-refractivity contribution in [3.8, 4) is 0 Å². The van der Waals surface area contributed by atoms with Crippen molar-refractivity contribution in [2.24, 2.45) is 11.8 Å². The van der Waals surface area contributed by atoms with Crippen LogP contribution in [-0.2, 0) is 19.1 Å². The highest BCUT2D eigenvalue weighted by molar-refractivity contribution is 5.77. The minimum atomic E-state index is -0.0391. The van der Waals surface area contributed by atoms with Crippen molar-refractivity contribution in [3.63, 3.8) is 0 Å². The molecule has 0 aromatic carbocycles. The first-order chi connectivity index (χ1) is 13.9. The van der Waals surface area contributed by atoms with Crippen LogP contribution >= 0.6 is 0 Å². The lowest BCUT2D eigenvalue weighted by molar-refractivity contribution is -0.138. The number of likely N-dealkylation sites (N-methyl/N-ethyl adjacent to an activating group) is 1. The third-order valence-corrected chi connectivity index (χ3v) is 6.34. The predicted octanol–water partition coefficient (Wildman–Crippen LogP) is 3.53. The highest BCUT2D eigenvalue weighted by atomic mass is 16.5. The fourth-order valence-electron chi connectivity index (χ4n) is 4.43. The standard InChI is InChI=1S/C23H42N2O4/c1-18-8-6-10-20(14-18)28-16-22(26)24-12-4-5-13-25(3)23(27)17-29-21-11-7-9-19(2)15-21/h18-21H,4-17H2,1-3H3,(H,24,26)/t18-,19-,20+,21-/m1/s1. The van der Waals surface area contributed by atoms with Crippen molar-refractivity contribution >= 4 is 11.8 Å². The van der Waals surface area contributed by atoms with Gasteiger partial charge in [-0.15, -0.1) is 0 Å². The molecule has 0 radical (unpaired) electrons. The topological polar surface area (TPSA) is 67.9 Å². The maximum absolute atomic E-state index is 12.2. The van der Waals surface area contributed by atoms with Crippen molar-refractivity contribution in [2.75, 3.05) is 33.4 Å². The Balaban J connectivity index is 1.46. The molecular weight excluding hydrogens is 368 g/mol. The molecule has 0 spiro atoms. The first-order valence-corrected chi connectivity index (χ1v) is 11.7. The second-order valence-electron chi connectivity index (χ2n) is 9.28. The third kappa shape index (κ3) is 9.94. The van der Waals surface area contributed by atoms with E-state index in [0.29, 0.717) is 24.9 Å². The van der Waals surface area contributed by atoms with Crippen LogP contribution in [0.3, 0.4) is 0 Å². The highest BCUT2D eigenvalue weighted by Crippen LogP contribution is 2.26. The molecule has 0 unspecified atom stereocenters. The van der Waals surface area contributed by atoms with Crippen LogP contribution in [0.25, 0.3) is 0 Å². The number of unbranched alkanes of at least 4 members (excludes halogenated alkanes) is 1. The highest BCUT2D eigenvalue weighted by Gasteiger charge is 2.21. The molecule has 0 aromatic heterocycles. The number of ether oxygens (including phenoxy) is 2. The molecule has 2 saturated carbocycles. The lowest BCUT2D eigenvalue weighted by atomic mass is 9.89. The Hall–Kier alpha value is -1.14. The van der Waals surface area contributed by atoms with E-state index in [1.54, 1.807) is 4.90 Å². The van der Waals surface area contributed by atoms with Crippen LogP contribution in [0.2, 0.25) is 0 Å². The van der Waals surface area contributed by atoms with Crippen LogP contribution in [0.5, 0.6) is 0 Å². The van der Waals surface area contributed by atoms with Gasteiger partial charge in [0.15, 0.2) is 0 Å². The van der Waals surface area contributed by atoms with Crippen LogP contribution in [0.4, 0.5) is 0 Å². The van der Waals surface area contributed by atoms with Gasteiger partial charge in [-0.3, -0.25) is 9.59 Å². The van der Waals surface area contributed by atoms with E-state index in [4.69, 9.17) is 9.47 Å². The van der Waals surface area contributed by atoms with Crippen LogP contribution in [0.1, 0.15) is 78.1 Å². The predicted molar refractivity (Wildman–Crippen MR) is 115 cm³/mol. The summed E-state index contributed by atoms with van der Waals surface area (Å²) in [6.07, 6.45) is 11.4. The molecule has 2 rings (SSSR count). The van der Waals surface area contributed by atoms with Gasteiger partial charge in [-0.2, -0.15) is 0 Å². The van der Waals surface area contributed by atoms with E-state index in [2.05, 4.69) is 19.2 Å². The van der Waals surface area contributed by atoms with Crippen molar-refractivity contribution in [2.45, 2.75) is 90.3 Å². The SMILES string of the molecule is C[C@@H]1CCC[C@@H](OCC(=O)N(C)CCCCNC(=O)CO[C@H]2CCC[C@@H](C)C2)C1. The van der Waals surface area contributed by atoms with Gasteiger partial charge in [-0.25, -0.2) is 0 Å². The quantitative estimate of drug-likeness (QED) is 0.529. The number of rotatable bonds is 11. The maximum Gasteiger partial charge on any atom is 0.248 e. The van der Waals surface area contributed by atoms with Crippen LogP contribution in [0.15, 0.2) is 0 Å². The summed E-state index contributed by atoms with van der Waals surface area (Å²) in [5, 5.41) is 2.92. The van der Waals surface area contributed by atoms with E-state index in [1.165, 1.54) is 25.7 Å². The molecule has 1 N–H and O–H groups in total. The second kappa shape index (κ2) is 13.2. The first kappa shape index (κ1) is 24.1. The Bertz CT molecular complexity index is 499. The molecule has 6 heteroatoms. The van der Waals surface area contributed by atoms with E-state index < -0.39 is 0 Å². The fourth-order valence-corrected chi connectivity index (χ4v) is 4.43. The minimum Gasteiger partial charge on any atom is -0.368 e. The van der Waals surface area contributed by atoms with Crippen molar-refractivity contribution < 1.29 is 19.1 Å². The molecule has 2 aliphatic rings. The Labute approximate surface area is 177 Å². The Morgan fingerprint density at radius 1 is 0.897 bits per heavy atom. The summed E-state index contributed by atoms with van der Waals surface area (Å²) in [5.74, 6) is 1.41. The summed E-state index contributed by atoms with van der Waals surface area (Å²) in [4.78, 5) is 25.9. The van der Waals surface area contributed by atoms with Gasteiger partial charge in [0.2, 0.25) is 11.8 Å². The van der Waals surface area contributed by atoms with Crippen LogP contribution in [0, 0.1) is 11.8 Å². The summed E-state index contributed by atoms with van der Waals surface area (Å²) in [7, 11) is 1.83. The van der Waals surface area contributed by atoms with E-state index >= 15 is 0 Å². The number of carbonyl (C=O) groups is 2. The van der Waals surface area contributed by atoms with E-state index in [-0.39, 0.29) is 37.2 Å². The summed E-state index contributed by atoms with van der Waals surface area (Å²) in [6.45, 7) is 6.16. The largest absolute Gasteiger partial charge is 0.368 e. The summed E-state index contributed by atoms with van der Waals surface area (Å²) in [5.41, 5.74) is 0. The van der Waals surface area contributed by atoms with Gasteiger partial charge < -0.3 is 19.7 Å². The average Bonchev–Trinajstić information content (AvgIpc) is 2.70. The smallest absolute Gasteiger partial charge is 0.248 e. The molecular formula is C23H42N2O4.